The first-order chi connectivity index (χ1) is 19.2. The highest BCUT2D eigenvalue weighted by atomic mass is 32.2. The maximum atomic E-state index is 14.3. The number of halogens is 3. The molecule has 0 aromatic heterocycles. The van der Waals surface area contributed by atoms with Gasteiger partial charge in [-0.05, 0) is 6.42 Å². The first kappa shape index (κ1) is 27.8. The molecular formula is C28H30F3NO7S. The van der Waals surface area contributed by atoms with Crippen LogP contribution in [0.1, 0.15) is 30.1 Å². The van der Waals surface area contributed by atoms with Crippen molar-refractivity contribution in [3.05, 3.63) is 83.9 Å². The summed E-state index contributed by atoms with van der Waals surface area (Å²) in [6.07, 6.45) is -7.00. The van der Waals surface area contributed by atoms with Crippen LogP contribution in [0.5, 0.6) is 0 Å². The smallest absolute Gasteiger partial charge is 0.376 e. The number of rotatable bonds is 5. The van der Waals surface area contributed by atoms with E-state index in [1.54, 1.807) is 0 Å². The van der Waals surface area contributed by atoms with Crippen molar-refractivity contribution in [2.24, 2.45) is 5.92 Å². The topological polar surface area (TPSA) is 83.5 Å². The summed E-state index contributed by atoms with van der Waals surface area (Å²) in [7, 11) is -3.43. The third kappa shape index (κ3) is 4.89. The van der Waals surface area contributed by atoms with Crippen LogP contribution >= 0.6 is 0 Å². The van der Waals surface area contributed by atoms with E-state index >= 15 is 0 Å². The second kappa shape index (κ2) is 10.8. The molecule has 0 radical (unpaired) electrons. The zero-order valence-corrected chi connectivity index (χ0v) is 22.4. The molecule has 8 nitrogen and oxygen atoms in total. The first-order valence-corrected chi connectivity index (χ1v) is 14.6. The van der Waals surface area contributed by atoms with Gasteiger partial charge in [0.05, 0.1) is 37.3 Å². The molecular weight excluding hydrogens is 551 g/mol. The highest BCUT2D eigenvalue weighted by molar-refractivity contribution is 7.89. The van der Waals surface area contributed by atoms with E-state index in [0.29, 0.717) is 0 Å². The van der Waals surface area contributed by atoms with Crippen LogP contribution in [0.15, 0.2) is 72.8 Å². The van der Waals surface area contributed by atoms with E-state index in [-0.39, 0.29) is 13.2 Å². The highest BCUT2D eigenvalue weighted by Gasteiger charge is 2.64. The lowest BCUT2D eigenvalue weighted by atomic mass is 9.91. The largest absolute Gasteiger partial charge is 0.393 e. The Balaban J connectivity index is 1.38. The lowest BCUT2D eigenvalue weighted by Gasteiger charge is -2.41. The van der Waals surface area contributed by atoms with Crippen molar-refractivity contribution in [1.29, 1.82) is 0 Å². The number of benzene rings is 2. The van der Waals surface area contributed by atoms with E-state index in [9.17, 15) is 21.6 Å². The number of allylic oxidation sites excluding steroid dienone is 1. The summed E-state index contributed by atoms with van der Waals surface area (Å²) < 4.78 is 102. The number of sulfonamides is 1. The Kier molecular flexibility index (Phi) is 7.53. The molecule has 0 amide bonds. The van der Waals surface area contributed by atoms with Gasteiger partial charge in [0.2, 0.25) is 10.0 Å². The molecule has 0 N–H and O–H groups in total. The van der Waals surface area contributed by atoms with Crippen LogP contribution in [0, 0.1) is 5.92 Å². The van der Waals surface area contributed by atoms with Crippen LogP contribution in [-0.2, 0) is 33.7 Å². The third-order valence-corrected chi connectivity index (χ3v) is 10.5. The van der Waals surface area contributed by atoms with Crippen molar-refractivity contribution in [2.75, 3.05) is 20.3 Å². The Hall–Kier alpha value is -2.32. The second-order valence-corrected chi connectivity index (χ2v) is 12.3. The average molecular weight is 582 g/mol. The molecule has 3 heterocycles. The van der Waals surface area contributed by atoms with Gasteiger partial charge in [0.1, 0.15) is 17.5 Å². The second-order valence-electron chi connectivity index (χ2n) is 10.3. The van der Waals surface area contributed by atoms with E-state index in [4.69, 9.17) is 23.7 Å². The molecule has 40 heavy (non-hydrogen) atoms. The molecule has 0 spiro atoms. The Morgan fingerprint density at radius 1 is 0.850 bits per heavy atom. The van der Waals surface area contributed by atoms with Crippen molar-refractivity contribution < 1.29 is 45.3 Å². The zero-order chi connectivity index (χ0) is 28.1. The SMILES string of the molecule is CO[C@@H]1C=CC[C@H](C(F)(F)F)[C@H]1S(=O)(=O)N1[C@H]2COC(c3ccccc3)O[C@H]2[C@@H]2OC(c3ccccc3)OC[C@@H]21. The summed E-state index contributed by atoms with van der Waals surface area (Å²) >= 11 is 0. The molecule has 2 aromatic carbocycles. The molecule has 3 fully saturated rings. The lowest BCUT2D eigenvalue weighted by molar-refractivity contribution is -0.278. The Morgan fingerprint density at radius 2 is 1.35 bits per heavy atom. The van der Waals surface area contributed by atoms with Crippen molar-refractivity contribution in [2.45, 2.75) is 60.8 Å². The van der Waals surface area contributed by atoms with Crippen molar-refractivity contribution in [1.82, 2.24) is 4.31 Å². The van der Waals surface area contributed by atoms with Gasteiger partial charge in [-0.1, -0.05) is 72.8 Å². The Labute approximate surface area is 230 Å². The van der Waals surface area contributed by atoms with E-state index in [0.717, 1.165) is 15.4 Å². The van der Waals surface area contributed by atoms with Gasteiger partial charge in [-0.25, -0.2) is 8.42 Å². The molecule has 2 aromatic rings. The minimum absolute atomic E-state index is 0.0906. The summed E-state index contributed by atoms with van der Waals surface area (Å²) in [5, 5.41) is -1.89. The number of hydrogen-bond donors (Lipinski definition) is 0. The summed E-state index contributed by atoms with van der Waals surface area (Å²) in [5.74, 6) is -2.14. The molecule has 3 saturated heterocycles. The number of alkyl halides is 3. The number of methoxy groups -OCH3 is 1. The van der Waals surface area contributed by atoms with Crippen LogP contribution in [0.4, 0.5) is 13.2 Å². The molecule has 1 aliphatic carbocycles. The fourth-order valence-electron chi connectivity index (χ4n) is 6.21. The molecule has 4 aliphatic rings. The molecule has 0 bridgehead atoms. The summed E-state index contributed by atoms with van der Waals surface area (Å²) in [5.41, 5.74) is 1.47. The standard InChI is InChI=1S/C28H30F3NO7S/c1-35-22-14-8-13-19(28(29,30)31)25(22)40(33,34)32-20-15-36-26(17-9-4-2-5-10-17)38-23(20)24-21(32)16-37-27(39-24)18-11-6-3-7-12-18/h2-12,14,19-27H,13,15-16H2,1H3/t19-,20-,21-,22+,23+,24+,25+,26?,27?/m0/s1. The fraction of sp³-hybridized carbons (Fsp3) is 0.500. The Bertz CT molecular complexity index is 1250. The monoisotopic (exact) mass is 581 g/mol. The molecule has 2 unspecified atom stereocenters. The van der Waals surface area contributed by atoms with Crippen LogP contribution in [0.25, 0.3) is 0 Å². The van der Waals surface area contributed by atoms with Crippen LogP contribution < -0.4 is 0 Å². The van der Waals surface area contributed by atoms with Crippen molar-refractivity contribution in [3.63, 3.8) is 0 Å². The van der Waals surface area contributed by atoms with Gasteiger partial charge in [-0.3, -0.25) is 0 Å². The highest BCUT2D eigenvalue weighted by Crippen LogP contribution is 2.47. The molecule has 6 rings (SSSR count). The van der Waals surface area contributed by atoms with Crippen LogP contribution in [-0.4, -0.2) is 74.9 Å². The van der Waals surface area contributed by atoms with Crippen molar-refractivity contribution in [3.8, 4) is 0 Å². The summed E-state index contributed by atoms with van der Waals surface area (Å²) in [6, 6.07) is 16.5. The molecule has 0 saturated carbocycles. The summed E-state index contributed by atoms with van der Waals surface area (Å²) in [4.78, 5) is 0. The summed E-state index contributed by atoms with van der Waals surface area (Å²) in [6.45, 7) is -0.181. The minimum Gasteiger partial charge on any atom is -0.376 e. The van der Waals surface area contributed by atoms with Gasteiger partial charge in [-0.15, -0.1) is 0 Å². The normalized spacial score (nSPS) is 36.6. The van der Waals surface area contributed by atoms with Gasteiger partial charge < -0.3 is 23.7 Å². The lowest BCUT2D eigenvalue weighted by Crippen LogP contribution is -2.58. The zero-order valence-electron chi connectivity index (χ0n) is 21.6. The van der Waals surface area contributed by atoms with E-state index in [1.807, 2.05) is 60.7 Å². The first-order valence-electron chi connectivity index (χ1n) is 13.1. The van der Waals surface area contributed by atoms with E-state index in [1.165, 1.54) is 19.3 Å². The number of ether oxygens (including phenoxy) is 5. The van der Waals surface area contributed by atoms with Crippen LogP contribution in [0.3, 0.4) is 0 Å². The average Bonchev–Trinajstić information content (AvgIpc) is 3.31. The quantitative estimate of drug-likeness (QED) is 0.492. The maximum Gasteiger partial charge on any atom is 0.393 e. The van der Waals surface area contributed by atoms with Crippen LogP contribution in [0.2, 0.25) is 0 Å². The van der Waals surface area contributed by atoms with Gasteiger partial charge in [-0.2, -0.15) is 17.5 Å². The maximum absolute atomic E-state index is 14.3. The van der Waals surface area contributed by atoms with Gasteiger partial charge >= 0.3 is 6.18 Å². The third-order valence-electron chi connectivity index (χ3n) is 8.04. The fourth-order valence-corrected chi connectivity index (χ4v) is 8.83. The predicted molar refractivity (Wildman–Crippen MR) is 136 cm³/mol. The van der Waals surface area contributed by atoms with E-state index < -0.39 is 76.8 Å². The molecule has 216 valence electrons. The van der Waals surface area contributed by atoms with Gasteiger partial charge in [0.15, 0.2) is 12.6 Å². The molecule has 9 atom stereocenters. The van der Waals surface area contributed by atoms with Gasteiger partial charge in [0, 0.05) is 18.2 Å². The Morgan fingerprint density at radius 3 is 1.80 bits per heavy atom. The number of fused-ring (bicyclic) bond motifs is 3. The van der Waals surface area contributed by atoms with E-state index in [2.05, 4.69) is 0 Å². The van der Waals surface area contributed by atoms with Gasteiger partial charge in [0.25, 0.3) is 0 Å². The van der Waals surface area contributed by atoms with Crippen molar-refractivity contribution >= 4 is 10.0 Å². The molecule has 12 heteroatoms. The predicted octanol–water partition coefficient (Wildman–Crippen LogP) is 4.12. The molecule has 3 aliphatic heterocycles. The minimum atomic E-state index is -4.76. The number of nitrogens with zero attached hydrogens (tertiary/aromatic N) is 1. The number of hydrogen-bond acceptors (Lipinski definition) is 7.